The van der Waals surface area contributed by atoms with E-state index in [1.807, 2.05) is 35.5 Å². The molecule has 1 N–H and O–H groups in total. The number of aromatic nitrogens is 1. The topological polar surface area (TPSA) is 65.7 Å². The molecule has 0 bridgehead atoms. The second-order valence-electron chi connectivity index (χ2n) is 6.19. The second-order valence-corrected chi connectivity index (χ2v) is 6.19. The van der Waals surface area contributed by atoms with Gasteiger partial charge < -0.3 is 4.90 Å². The van der Waals surface area contributed by atoms with E-state index in [2.05, 4.69) is 24.4 Å². The van der Waals surface area contributed by atoms with Crippen LogP contribution in [0.4, 0.5) is 0 Å². The highest BCUT2D eigenvalue weighted by Gasteiger charge is 2.14. The summed E-state index contributed by atoms with van der Waals surface area (Å²) < 4.78 is 1.77. The van der Waals surface area contributed by atoms with E-state index >= 15 is 0 Å². The number of hydrazone groups is 1. The van der Waals surface area contributed by atoms with Crippen molar-refractivity contribution in [1.29, 1.82) is 0 Å². The summed E-state index contributed by atoms with van der Waals surface area (Å²) in [6.45, 7) is 7.79. The molecule has 0 saturated carbocycles. The number of amides is 2. The van der Waals surface area contributed by atoms with Gasteiger partial charge in [0.15, 0.2) is 12.4 Å². The van der Waals surface area contributed by atoms with Crippen molar-refractivity contribution in [2.75, 3.05) is 13.1 Å². The van der Waals surface area contributed by atoms with Crippen molar-refractivity contribution in [3.05, 3.63) is 30.6 Å². The van der Waals surface area contributed by atoms with Gasteiger partial charge in [0.25, 0.3) is 0 Å². The molecule has 1 rings (SSSR count). The van der Waals surface area contributed by atoms with E-state index in [1.165, 1.54) is 0 Å². The van der Waals surface area contributed by atoms with Crippen LogP contribution in [0.3, 0.4) is 0 Å². The van der Waals surface area contributed by atoms with Gasteiger partial charge in [-0.15, -0.1) is 17.0 Å². The lowest BCUT2D eigenvalue weighted by molar-refractivity contribution is -0.684. The number of pyridine rings is 1. The zero-order valence-electron chi connectivity index (χ0n) is 16.1. The van der Waals surface area contributed by atoms with Gasteiger partial charge in [0.2, 0.25) is 12.5 Å². The van der Waals surface area contributed by atoms with Crippen molar-refractivity contribution in [2.24, 2.45) is 5.10 Å². The minimum absolute atomic E-state index is 0. The summed E-state index contributed by atoms with van der Waals surface area (Å²) in [4.78, 5) is 26.2. The molecular weight excluding hydrogens is 396 g/mol. The quantitative estimate of drug-likeness (QED) is 0.335. The first kappa shape index (κ1) is 24.2. The largest absolute Gasteiger partial charge is 0.342 e. The highest BCUT2D eigenvalue weighted by molar-refractivity contribution is 8.93. The van der Waals surface area contributed by atoms with Gasteiger partial charge in [0, 0.05) is 30.9 Å². The lowest BCUT2D eigenvalue weighted by atomic mass is 10.2. The van der Waals surface area contributed by atoms with Crippen LogP contribution in [-0.4, -0.2) is 35.5 Å². The van der Waals surface area contributed by atoms with Crippen molar-refractivity contribution >= 4 is 34.5 Å². The molecule has 7 heteroatoms. The summed E-state index contributed by atoms with van der Waals surface area (Å²) in [5.74, 6) is -0.133. The fourth-order valence-corrected chi connectivity index (χ4v) is 2.33. The van der Waals surface area contributed by atoms with Gasteiger partial charge in [0.05, 0.1) is 6.42 Å². The molecule has 2 amide bonds. The van der Waals surface area contributed by atoms with Crippen molar-refractivity contribution in [1.82, 2.24) is 10.3 Å². The van der Waals surface area contributed by atoms with Gasteiger partial charge in [-0.05, 0) is 19.8 Å². The van der Waals surface area contributed by atoms with Crippen LogP contribution in [0.25, 0.3) is 0 Å². The van der Waals surface area contributed by atoms with Crippen LogP contribution in [0, 0.1) is 0 Å². The van der Waals surface area contributed by atoms with E-state index in [-0.39, 0.29) is 41.8 Å². The van der Waals surface area contributed by atoms with E-state index in [0.717, 1.165) is 38.8 Å². The van der Waals surface area contributed by atoms with E-state index in [9.17, 15) is 9.59 Å². The van der Waals surface area contributed by atoms with Gasteiger partial charge in [-0.1, -0.05) is 32.8 Å². The monoisotopic (exact) mass is 427 g/mol. The Morgan fingerprint density at radius 3 is 2.15 bits per heavy atom. The second kappa shape index (κ2) is 14.4. The molecule has 1 aromatic rings. The average molecular weight is 428 g/mol. The Balaban J connectivity index is 0.00000625. The molecule has 6 nitrogen and oxygen atoms in total. The van der Waals surface area contributed by atoms with E-state index in [1.54, 1.807) is 11.5 Å². The third-order valence-corrected chi connectivity index (χ3v) is 3.80. The van der Waals surface area contributed by atoms with Gasteiger partial charge in [-0.25, -0.2) is 5.43 Å². The number of rotatable bonds is 11. The average Bonchev–Trinajstić information content (AvgIpc) is 2.61. The fraction of sp³-hybridized carbons (Fsp3) is 0.579. The standard InChI is InChI=1S/C19H30N4O2.BrH/c1-4-6-13-23(14-7-5-2)19(25)15-17(3)20-21-18(24)16-22-11-9-8-10-12-22;/h8-12H,4-7,13-16H2,1-3H3;1H/p+1/b20-17+;. The number of carbonyl (C=O) groups excluding carboxylic acids is 2. The predicted octanol–water partition coefficient (Wildman–Crippen LogP) is 2.86. The van der Waals surface area contributed by atoms with Crippen LogP contribution in [0.1, 0.15) is 52.9 Å². The number of nitrogens with one attached hydrogen (secondary N) is 1. The van der Waals surface area contributed by atoms with Crippen LogP contribution >= 0.6 is 17.0 Å². The fourth-order valence-electron chi connectivity index (χ4n) is 2.33. The minimum Gasteiger partial charge on any atom is -0.342 e. The molecule has 1 heterocycles. The maximum Gasteiger partial charge on any atom is 0.305 e. The smallest absolute Gasteiger partial charge is 0.305 e. The maximum absolute atomic E-state index is 12.4. The van der Waals surface area contributed by atoms with Crippen LogP contribution in [0.5, 0.6) is 0 Å². The zero-order chi connectivity index (χ0) is 18.5. The number of hydrogen-bond donors (Lipinski definition) is 1. The SMILES string of the molecule is Br.CCCCN(CCCC)C(=O)C/C(C)=N/NC(=O)C[n+]1ccccc1. The first-order chi connectivity index (χ1) is 12.1. The van der Waals surface area contributed by atoms with Gasteiger partial charge in [-0.2, -0.15) is 9.67 Å². The Kier molecular flexibility index (Phi) is 13.4. The number of halogens is 1. The summed E-state index contributed by atoms with van der Waals surface area (Å²) in [6.07, 6.45) is 8.03. The summed E-state index contributed by atoms with van der Waals surface area (Å²) in [7, 11) is 0. The molecule has 0 fully saturated rings. The normalized spacial score (nSPS) is 10.8. The number of unbranched alkanes of at least 4 members (excludes halogenated alkanes) is 2. The zero-order valence-corrected chi connectivity index (χ0v) is 17.8. The van der Waals surface area contributed by atoms with Crippen LogP contribution in [0.15, 0.2) is 35.7 Å². The summed E-state index contributed by atoms with van der Waals surface area (Å²) in [6, 6.07) is 5.62. The Labute approximate surface area is 167 Å². The van der Waals surface area contributed by atoms with E-state index in [4.69, 9.17) is 0 Å². The molecule has 0 radical (unpaired) electrons. The van der Waals surface area contributed by atoms with Gasteiger partial charge >= 0.3 is 5.91 Å². The van der Waals surface area contributed by atoms with Crippen LogP contribution in [0.2, 0.25) is 0 Å². The molecule has 0 spiro atoms. The van der Waals surface area contributed by atoms with Crippen molar-refractivity contribution in [3.8, 4) is 0 Å². The third kappa shape index (κ3) is 10.3. The molecule has 0 saturated heterocycles. The molecule has 0 aliphatic rings. The molecule has 146 valence electrons. The van der Waals surface area contributed by atoms with Crippen LogP contribution in [-0.2, 0) is 16.1 Å². The highest BCUT2D eigenvalue weighted by atomic mass is 79.9. The van der Waals surface area contributed by atoms with Gasteiger partial charge in [-0.3, -0.25) is 9.59 Å². The molecule has 26 heavy (non-hydrogen) atoms. The number of nitrogens with zero attached hydrogens (tertiary/aromatic N) is 3. The van der Waals surface area contributed by atoms with Crippen molar-refractivity contribution < 1.29 is 14.2 Å². The Hall–Kier alpha value is -1.76. The predicted molar refractivity (Wildman–Crippen MR) is 109 cm³/mol. The van der Waals surface area contributed by atoms with E-state index in [0.29, 0.717) is 5.71 Å². The lowest BCUT2D eigenvalue weighted by Crippen LogP contribution is -2.41. The molecule has 1 aromatic heterocycles. The lowest BCUT2D eigenvalue weighted by Gasteiger charge is -2.22. The molecule has 0 unspecified atom stereocenters. The van der Waals surface area contributed by atoms with E-state index < -0.39 is 0 Å². The Morgan fingerprint density at radius 1 is 1.04 bits per heavy atom. The summed E-state index contributed by atoms with van der Waals surface area (Å²) in [5, 5.41) is 4.06. The van der Waals surface area contributed by atoms with Crippen LogP contribution < -0.4 is 9.99 Å². The first-order valence-electron chi connectivity index (χ1n) is 9.10. The Morgan fingerprint density at radius 2 is 1.62 bits per heavy atom. The van der Waals surface area contributed by atoms with Crippen molar-refractivity contribution in [2.45, 2.75) is 59.4 Å². The van der Waals surface area contributed by atoms with Crippen molar-refractivity contribution in [3.63, 3.8) is 0 Å². The third-order valence-electron chi connectivity index (χ3n) is 3.80. The molecule has 0 aliphatic heterocycles. The molecule has 0 atom stereocenters. The van der Waals surface area contributed by atoms with Gasteiger partial charge in [0.1, 0.15) is 0 Å². The summed E-state index contributed by atoms with van der Waals surface area (Å²) in [5.41, 5.74) is 3.14. The highest BCUT2D eigenvalue weighted by Crippen LogP contribution is 2.03. The number of carbonyl (C=O) groups is 2. The minimum atomic E-state index is -0.211. The summed E-state index contributed by atoms with van der Waals surface area (Å²) >= 11 is 0. The first-order valence-corrected chi connectivity index (χ1v) is 9.10. The Bertz CT molecular complexity index is 556. The molecule has 0 aromatic carbocycles. The molecular formula is C19H32BrN4O2+. The molecule has 0 aliphatic carbocycles. The number of hydrogen-bond acceptors (Lipinski definition) is 3. The maximum atomic E-state index is 12.4.